The van der Waals surface area contributed by atoms with E-state index in [-0.39, 0.29) is 25.0 Å². The number of carbonyl (C=O) groups is 3. The quantitative estimate of drug-likeness (QED) is 0.579. The van der Waals surface area contributed by atoms with Crippen molar-refractivity contribution in [1.82, 2.24) is 4.90 Å². The van der Waals surface area contributed by atoms with Gasteiger partial charge in [-0.3, -0.25) is 4.79 Å². The summed E-state index contributed by atoms with van der Waals surface area (Å²) in [7, 11) is 0. The normalized spacial score (nSPS) is 37.9. The first-order chi connectivity index (χ1) is 9.84. The lowest BCUT2D eigenvalue weighted by atomic mass is 9.75. The molecule has 4 aliphatic rings. The number of esters is 1. The van der Waals surface area contributed by atoms with Gasteiger partial charge in [0.05, 0.1) is 12.0 Å². The number of cyclic esters (lactones) is 1. The van der Waals surface area contributed by atoms with E-state index in [9.17, 15) is 19.5 Å². The van der Waals surface area contributed by atoms with Gasteiger partial charge in [0.25, 0.3) is 0 Å². The van der Waals surface area contributed by atoms with Gasteiger partial charge >= 0.3 is 12.1 Å². The van der Waals surface area contributed by atoms with Crippen molar-refractivity contribution >= 4 is 18.0 Å². The van der Waals surface area contributed by atoms with Crippen LogP contribution in [0.15, 0.2) is 12.2 Å². The molecular weight excluding hydrogens is 278 g/mol. The van der Waals surface area contributed by atoms with Crippen LogP contribution in [0.2, 0.25) is 0 Å². The maximum atomic E-state index is 12.7. The predicted molar refractivity (Wildman–Crippen MR) is 68.9 cm³/mol. The van der Waals surface area contributed by atoms with Crippen LogP contribution in [0.3, 0.4) is 0 Å². The summed E-state index contributed by atoms with van der Waals surface area (Å²) in [6.45, 7) is 3.89. The van der Waals surface area contributed by atoms with E-state index in [4.69, 9.17) is 9.47 Å². The van der Waals surface area contributed by atoms with Crippen LogP contribution in [-0.4, -0.2) is 52.3 Å². The highest BCUT2D eigenvalue weighted by atomic mass is 16.6. The number of carbonyl (C=O) groups excluding carboxylic acids is 3. The smallest absolute Gasteiger partial charge is 0.416 e. The second kappa shape index (κ2) is 4.56. The number of amides is 2. The predicted octanol–water partition coefficient (Wildman–Crippen LogP) is 0.222. The Morgan fingerprint density at radius 1 is 1.48 bits per heavy atom. The Balaban J connectivity index is 1.90. The van der Waals surface area contributed by atoms with Gasteiger partial charge in [0.2, 0.25) is 5.91 Å². The van der Waals surface area contributed by atoms with Crippen LogP contribution in [0.4, 0.5) is 4.79 Å². The Labute approximate surface area is 121 Å². The molecule has 2 amide bonds. The van der Waals surface area contributed by atoms with E-state index in [0.717, 1.165) is 4.90 Å². The number of hydrogen-bond acceptors (Lipinski definition) is 6. The fourth-order valence-electron chi connectivity index (χ4n) is 3.03. The molecule has 2 saturated heterocycles. The lowest BCUT2D eigenvalue weighted by Crippen LogP contribution is -2.61. The van der Waals surface area contributed by atoms with Crippen molar-refractivity contribution in [3.05, 3.63) is 12.2 Å². The molecule has 0 radical (unpaired) electrons. The van der Waals surface area contributed by atoms with Crippen molar-refractivity contribution in [3.8, 4) is 0 Å². The molecular formula is C14H17NO6. The Kier molecular flexibility index (Phi) is 3.05. The van der Waals surface area contributed by atoms with E-state index in [1.165, 1.54) is 6.08 Å². The maximum absolute atomic E-state index is 12.7. The first-order valence-corrected chi connectivity index (χ1v) is 6.97. The Bertz CT molecular complexity index is 542. The molecule has 4 rings (SSSR count). The minimum atomic E-state index is -1.99. The van der Waals surface area contributed by atoms with Crippen molar-refractivity contribution < 1.29 is 29.0 Å². The van der Waals surface area contributed by atoms with Crippen LogP contribution in [0.25, 0.3) is 0 Å². The molecule has 2 fully saturated rings. The van der Waals surface area contributed by atoms with E-state index < -0.39 is 35.6 Å². The topological polar surface area (TPSA) is 93.1 Å². The summed E-state index contributed by atoms with van der Waals surface area (Å²) in [5.74, 6) is -2.41. The molecule has 0 unspecified atom stereocenters. The molecule has 3 aliphatic heterocycles. The van der Waals surface area contributed by atoms with E-state index in [1.807, 2.05) is 13.8 Å². The van der Waals surface area contributed by atoms with Gasteiger partial charge in [-0.2, -0.15) is 0 Å². The molecule has 1 aliphatic carbocycles. The highest BCUT2D eigenvalue weighted by Crippen LogP contribution is 2.39. The van der Waals surface area contributed by atoms with Crippen molar-refractivity contribution in [2.24, 2.45) is 11.8 Å². The van der Waals surface area contributed by atoms with Gasteiger partial charge in [-0.25, -0.2) is 14.5 Å². The third kappa shape index (κ3) is 1.95. The van der Waals surface area contributed by atoms with Gasteiger partial charge in [-0.1, -0.05) is 13.8 Å². The van der Waals surface area contributed by atoms with Crippen LogP contribution in [0.1, 0.15) is 20.3 Å². The lowest BCUT2D eigenvalue weighted by Gasteiger charge is -2.42. The first-order valence-electron chi connectivity index (χ1n) is 6.97. The largest absolute Gasteiger partial charge is 0.456 e. The summed E-state index contributed by atoms with van der Waals surface area (Å²) in [5.41, 5.74) is -1.99. The lowest BCUT2D eigenvalue weighted by molar-refractivity contribution is -0.189. The highest BCUT2D eigenvalue weighted by molar-refractivity contribution is 6.00. The molecule has 0 aromatic rings. The molecule has 4 atom stereocenters. The molecule has 21 heavy (non-hydrogen) atoms. The molecule has 0 aromatic carbocycles. The monoisotopic (exact) mass is 295 g/mol. The van der Waals surface area contributed by atoms with Crippen molar-refractivity contribution in [2.75, 3.05) is 6.61 Å². The Morgan fingerprint density at radius 3 is 2.81 bits per heavy atom. The zero-order valence-electron chi connectivity index (χ0n) is 11.8. The summed E-state index contributed by atoms with van der Waals surface area (Å²) in [5, 5.41) is 10.4. The molecule has 7 nitrogen and oxygen atoms in total. The average molecular weight is 295 g/mol. The summed E-state index contributed by atoms with van der Waals surface area (Å²) >= 11 is 0. The van der Waals surface area contributed by atoms with Crippen LogP contribution in [0, 0.1) is 11.8 Å². The standard InChI is InChI=1S/C14H17NO6/c1-7(2)10-6-20-13(18)15(10)11(16)9-5-8-3-4-14(9,19)12(17)21-8/h3-4,7-10,19H,5-6H2,1-2H3/t8-,9-,10+,14-/m0/s1. The molecule has 3 heterocycles. The second-order valence-corrected chi connectivity index (χ2v) is 6.01. The fourth-order valence-corrected chi connectivity index (χ4v) is 3.03. The summed E-state index contributed by atoms with van der Waals surface area (Å²) < 4.78 is 9.91. The third-order valence-electron chi connectivity index (χ3n) is 4.36. The van der Waals surface area contributed by atoms with Crippen molar-refractivity contribution in [1.29, 1.82) is 0 Å². The number of aliphatic hydroxyl groups is 1. The molecule has 0 saturated carbocycles. The van der Waals surface area contributed by atoms with E-state index in [0.29, 0.717) is 0 Å². The highest BCUT2D eigenvalue weighted by Gasteiger charge is 2.58. The number of ether oxygens (including phenoxy) is 2. The molecule has 7 heteroatoms. The molecule has 2 bridgehead atoms. The van der Waals surface area contributed by atoms with E-state index >= 15 is 0 Å². The van der Waals surface area contributed by atoms with Gasteiger partial charge in [-0.05, 0) is 18.1 Å². The Morgan fingerprint density at radius 2 is 2.19 bits per heavy atom. The second-order valence-electron chi connectivity index (χ2n) is 6.01. The zero-order valence-corrected chi connectivity index (χ0v) is 11.8. The number of hydrogen-bond donors (Lipinski definition) is 1. The van der Waals surface area contributed by atoms with Crippen LogP contribution < -0.4 is 0 Å². The number of imide groups is 1. The SMILES string of the molecule is CC(C)[C@H]1COC(=O)N1C(=O)[C@@H]1C[C@@H]2C=C[C@@]1(O)C(=O)O2. The maximum Gasteiger partial charge on any atom is 0.416 e. The summed E-state index contributed by atoms with van der Waals surface area (Å²) in [6, 6.07) is -0.381. The van der Waals surface area contributed by atoms with Gasteiger partial charge in [0.15, 0.2) is 5.60 Å². The number of rotatable bonds is 2. The van der Waals surface area contributed by atoms with E-state index in [2.05, 4.69) is 0 Å². The summed E-state index contributed by atoms with van der Waals surface area (Å²) in [6.07, 6.45) is 1.78. The van der Waals surface area contributed by atoms with E-state index in [1.54, 1.807) is 6.08 Å². The molecule has 0 spiro atoms. The number of nitrogens with zero attached hydrogens (tertiary/aromatic N) is 1. The van der Waals surface area contributed by atoms with Crippen LogP contribution in [0.5, 0.6) is 0 Å². The van der Waals surface area contributed by atoms with Gasteiger partial charge in [0, 0.05) is 6.42 Å². The summed E-state index contributed by atoms with van der Waals surface area (Å²) in [4.78, 5) is 37.4. The molecule has 1 N–H and O–H groups in total. The van der Waals surface area contributed by atoms with Crippen LogP contribution >= 0.6 is 0 Å². The molecule has 114 valence electrons. The molecule has 0 aromatic heterocycles. The fraction of sp³-hybridized carbons (Fsp3) is 0.643. The minimum absolute atomic E-state index is 0.0262. The zero-order chi connectivity index (χ0) is 15.4. The van der Waals surface area contributed by atoms with Crippen molar-refractivity contribution in [3.63, 3.8) is 0 Å². The number of fused-ring (bicyclic) bond motifs is 2. The minimum Gasteiger partial charge on any atom is -0.456 e. The van der Waals surface area contributed by atoms with Gasteiger partial charge < -0.3 is 14.6 Å². The van der Waals surface area contributed by atoms with Gasteiger partial charge in [0.1, 0.15) is 12.7 Å². The van der Waals surface area contributed by atoms with Crippen molar-refractivity contribution in [2.45, 2.75) is 38.0 Å². The average Bonchev–Trinajstić information content (AvgIpc) is 2.81. The first kappa shape index (κ1) is 14.1. The van der Waals surface area contributed by atoms with Crippen LogP contribution in [-0.2, 0) is 19.1 Å². The van der Waals surface area contributed by atoms with Gasteiger partial charge in [-0.15, -0.1) is 0 Å². The third-order valence-corrected chi connectivity index (χ3v) is 4.36. The Hall–Kier alpha value is -1.89.